The summed E-state index contributed by atoms with van der Waals surface area (Å²) in [6, 6.07) is 8.92. The van der Waals surface area contributed by atoms with E-state index in [4.69, 9.17) is 0 Å². The highest BCUT2D eigenvalue weighted by atomic mass is 14.9. The number of allylic oxidation sites excluding steroid dienone is 5. The maximum atomic E-state index is 3.59. The summed E-state index contributed by atoms with van der Waals surface area (Å²) in [7, 11) is 0. The lowest BCUT2D eigenvalue weighted by Crippen LogP contribution is -2.39. The molecule has 3 aliphatic rings. The minimum atomic E-state index is 0.350. The minimum Gasteiger partial charge on any atom is -0.316 e. The summed E-state index contributed by atoms with van der Waals surface area (Å²) in [5.74, 6) is 0. The second kappa shape index (κ2) is 4.75. The van der Waals surface area contributed by atoms with Gasteiger partial charge in [-0.2, -0.15) is 0 Å². The first-order chi connectivity index (χ1) is 9.86. The highest BCUT2D eigenvalue weighted by molar-refractivity contribution is 5.78. The Morgan fingerprint density at radius 1 is 1.10 bits per heavy atom. The Hall–Kier alpha value is -1.60. The van der Waals surface area contributed by atoms with Crippen LogP contribution in [0.5, 0.6) is 0 Å². The molecular formula is C19H21N. The van der Waals surface area contributed by atoms with Gasteiger partial charge >= 0.3 is 0 Å². The molecule has 1 aromatic rings. The number of nitrogens with one attached hydrogen (secondary N) is 1. The summed E-state index contributed by atoms with van der Waals surface area (Å²) in [4.78, 5) is 0. The van der Waals surface area contributed by atoms with Gasteiger partial charge in [0.15, 0.2) is 0 Å². The summed E-state index contributed by atoms with van der Waals surface area (Å²) in [6.45, 7) is 2.31. The van der Waals surface area contributed by atoms with Crippen molar-refractivity contribution in [2.45, 2.75) is 25.7 Å². The third kappa shape index (κ3) is 1.97. The van der Waals surface area contributed by atoms with Crippen molar-refractivity contribution in [3.05, 3.63) is 65.3 Å². The number of piperidine rings is 1. The van der Waals surface area contributed by atoms with Crippen molar-refractivity contribution < 1.29 is 0 Å². The van der Waals surface area contributed by atoms with Crippen molar-refractivity contribution in [3.63, 3.8) is 0 Å². The van der Waals surface area contributed by atoms with Crippen LogP contribution in [0.3, 0.4) is 0 Å². The molecule has 2 aliphatic carbocycles. The molecule has 1 unspecified atom stereocenters. The molecule has 1 heterocycles. The zero-order valence-electron chi connectivity index (χ0n) is 11.9. The van der Waals surface area contributed by atoms with Gasteiger partial charge in [0.05, 0.1) is 0 Å². The molecule has 1 heteroatoms. The van der Waals surface area contributed by atoms with Crippen molar-refractivity contribution in [1.82, 2.24) is 5.32 Å². The fourth-order valence-electron chi connectivity index (χ4n) is 3.88. The fraction of sp³-hybridized carbons (Fsp3) is 0.368. The molecule has 20 heavy (non-hydrogen) atoms. The van der Waals surface area contributed by atoms with Gasteiger partial charge in [0.25, 0.3) is 0 Å². The smallest absolute Gasteiger partial charge is 0.00511 e. The molecule has 0 bridgehead atoms. The Labute approximate surface area is 121 Å². The van der Waals surface area contributed by atoms with E-state index < -0.39 is 0 Å². The second-order valence-electron chi connectivity index (χ2n) is 6.35. The first-order valence-corrected chi connectivity index (χ1v) is 7.74. The van der Waals surface area contributed by atoms with Crippen molar-refractivity contribution in [3.8, 4) is 0 Å². The summed E-state index contributed by atoms with van der Waals surface area (Å²) < 4.78 is 0. The highest BCUT2D eigenvalue weighted by Gasteiger charge is 2.34. The van der Waals surface area contributed by atoms with Gasteiger partial charge < -0.3 is 5.32 Å². The molecule has 0 saturated carbocycles. The Kier molecular flexibility index (Phi) is 2.89. The summed E-state index contributed by atoms with van der Waals surface area (Å²) >= 11 is 0. The van der Waals surface area contributed by atoms with Crippen LogP contribution in [0.2, 0.25) is 0 Å². The third-order valence-corrected chi connectivity index (χ3v) is 4.98. The molecule has 1 aliphatic heterocycles. The van der Waals surface area contributed by atoms with Gasteiger partial charge in [-0.1, -0.05) is 48.6 Å². The number of benzene rings is 1. The monoisotopic (exact) mass is 263 g/mol. The van der Waals surface area contributed by atoms with Crippen LogP contribution >= 0.6 is 0 Å². The van der Waals surface area contributed by atoms with E-state index in [1.165, 1.54) is 42.5 Å². The quantitative estimate of drug-likeness (QED) is 0.749. The van der Waals surface area contributed by atoms with Gasteiger partial charge in [-0.05, 0) is 54.5 Å². The zero-order valence-corrected chi connectivity index (χ0v) is 11.9. The van der Waals surface area contributed by atoms with Gasteiger partial charge in [-0.25, -0.2) is 0 Å². The average Bonchev–Trinajstić information content (AvgIpc) is 2.67. The van der Waals surface area contributed by atoms with Crippen LogP contribution in [-0.2, 0) is 6.42 Å². The Morgan fingerprint density at radius 2 is 2.05 bits per heavy atom. The van der Waals surface area contributed by atoms with E-state index >= 15 is 0 Å². The molecule has 0 radical (unpaired) electrons. The fourth-order valence-corrected chi connectivity index (χ4v) is 3.88. The average molecular weight is 263 g/mol. The molecule has 1 N–H and O–H groups in total. The van der Waals surface area contributed by atoms with Crippen LogP contribution in [0.1, 0.15) is 30.4 Å². The summed E-state index contributed by atoms with van der Waals surface area (Å²) in [6.07, 6.45) is 14.3. The molecule has 4 rings (SSSR count). The van der Waals surface area contributed by atoms with Gasteiger partial charge in [-0.3, -0.25) is 0 Å². The number of rotatable bonds is 0. The standard InChI is InChI=1S/C19H21N/c1-2-8-17-15(5-1)6-3-7-16-9-11-19(13-18(16)17)10-4-12-20-14-19/h1-3,5,7-9,11,20H,4,6,10,12-14H2. The number of fused-ring (bicyclic) bond motifs is 2. The highest BCUT2D eigenvalue weighted by Crippen LogP contribution is 2.44. The summed E-state index contributed by atoms with van der Waals surface area (Å²) in [5.41, 5.74) is 6.28. The molecule has 1 saturated heterocycles. The maximum absolute atomic E-state index is 3.59. The molecule has 1 aromatic carbocycles. The molecule has 1 fully saturated rings. The maximum Gasteiger partial charge on any atom is 0.00511 e. The Bertz CT molecular complexity index is 612. The largest absolute Gasteiger partial charge is 0.316 e. The molecule has 102 valence electrons. The van der Waals surface area contributed by atoms with E-state index in [0.29, 0.717) is 5.41 Å². The predicted molar refractivity (Wildman–Crippen MR) is 84.5 cm³/mol. The topological polar surface area (TPSA) is 12.0 Å². The van der Waals surface area contributed by atoms with Crippen molar-refractivity contribution in [2.24, 2.45) is 5.41 Å². The lowest BCUT2D eigenvalue weighted by Gasteiger charge is -2.38. The van der Waals surface area contributed by atoms with Crippen LogP contribution in [0.25, 0.3) is 5.57 Å². The van der Waals surface area contributed by atoms with Crippen LogP contribution in [-0.4, -0.2) is 13.1 Å². The van der Waals surface area contributed by atoms with Gasteiger partial charge in [0.1, 0.15) is 0 Å². The Balaban J connectivity index is 1.79. The van der Waals surface area contributed by atoms with E-state index in [1.807, 2.05) is 0 Å². The molecule has 0 aromatic heterocycles. The molecule has 1 nitrogen and oxygen atoms in total. The van der Waals surface area contributed by atoms with Crippen LogP contribution < -0.4 is 5.32 Å². The van der Waals surface area contributed by atoms with E-state index in [0.717, 1.165) is 13.0 Å². The normalized spacial score (nSPS) is 28.2. The van der Waals surface area contributed by atoms with E-state index in [9.17, 15) is 0 Å². The van der Waals surface area contributed by atoms with Crippen LogP contribution in [0.4, 0.5) is 0 Å². The number of hydrogen-bond donors (Lipinski definition) is 1. The van der Waals surface area contributed by atoms with E-state index in [-0.39, 0.29) is 0 Å². The van der Waals surface area contributed by atoms with Crippen LogP contribution in [0.15, 0.2) is 54.1 Å². The predicted octanol–water partition coefficient (Wildman–Crippen LogP) is 3.88. The molecule has 1 spiro atoms. The zero-order chi connectivity index (χ0) is 13.4. The van der Waals surface area contributed by atoms with Gasteiger partial charge in [0.2, 0.25) is 0 Å². The SMILES string of the molecule is C1=CC2=C(CC3(C=C2)CCCNC3)c2ccccc2C1. The first kappa shape index (κ1) is 12.2. The van der Waals surface area contributed by atoms with Crippen molar-refractivity contribution in [2.75, 3.05) is 13.1 Å². The van der Waals surface area contributed by atoms with E-state index in [1.54, 1.807) is 5.57 Å². The number of hydrogen-bond acceptors (Lipinski definition) is 1. The minimum absolute atomic E-state index is 0.350. The summed E-state index contributed by atoms with van der Waals surface area (Å²) in [5, 5.41) is 3.59. The molecule has 1 atom stereocenters. The third-order valence-electron chi connectivity index (χ3n) is 4.98. The Morgan fingerprint density at radius 3 is 2.95 bits per heavy atom. The van der Waals surface area contributed by atoms with Gasteiger partial charge in [-0.15, -0.1) is 0 Å². The molecule has 0 amide bonds. The molecular weight excluding hydrogens is 242 g/mol. The lowest BCUT2D eigenvalue weighted by atomic mass is 9.70. The van der Waals surface area contributed by atoms with Crippen molar-refractivity contribution in [1.29, 1.82) is 0 Å². The lowest BCUT2D eigenvalue weighted by molar-refractivity contribution is 0.282. The van der Waals surface area contributed by atoms with E-state index in [2.05, 4.69) is 53.9 Å². The van der Waals surface area contributed by atoms with Gasteiger partial charge in [0, 0.05) is 12.0 Å². The first-order valence-electron chi connectivity index (χ1n) is 7.74. The van der Waals surface area contributed by atoms with Crippen molar-refractivity contribution >= 4 is 5.57 Å². The second-order valence-corrected chi connectivity index (χ2v) is 6.35. The van der Waals surface area contributed by atoms with Crippen LogP contribution in [0, 0.1) is 5.41 Å².